The standard InChI is InChI=1S/C13H11ClN2O2/c14-12-6-5-10(7-11(12)13(17)18)16-9-3-1-8(15)2-4-9/h1-7,16H,15H2,(H,17,18). The number of carboxylic acid groups (broad SMARTS) is 1. The van der Waals surface area contributed by atoms with Gasteiger partial charge in [0.25, 0.3) is 0 Å². The highest BCUT2D eigenvalue weighted by molar-refractivity contribution is 6.33. The van der Waals surface area contributed by atoms with Crippen molar-refractivity contribution in [2.45, 2.75) is 0 Å². The number of benzene rings is 2. The third-order valence-corrected chi connectivity index (χ3v) is 2.73. The fourth-order valence-corrected chi connectivity index (χ4v) is 1.70. The molecule has 2 aromatic carbocycles. The summed E-state index contributed by atoms with van der Waals surface area (Å²) in [5.41, 5.74) is 7.79. The van der Waals surface area contributed by atoms with E-state index in [9.17, 15) is 4.79 Å². The first-order chi connectivity index (χ1) is 8.56. The first-order valence-electron chi connectivity index (χ1n) is 5.21. The van der Waals surface area contributed by atoms with Crippen LogP contribution in [0.1, 0.15) is 10.4 Å². The second kappa shape index (κ2) is 4.98. The quantitative estimate of drug-likeness (QED) is 0.742. The lowest BCUT2D eigenvalue weighted by molar-refractivity contribution is 0.0697. The van der Waals surface area contributed by atoms with Crippen molar-refractivity contribution < 1.29 is 9.90 Å². The van der Waals surface area contributed by atoms with E-state index >= 15 is 0 Å². The van der Waals surface area contributed by atoms with Crippen LogP contribution >= 0.6 is 11.6 Å². The van der Waals surface area contributed by atoms with Crippen LogP contribution in [0, 0.1) is 0 Å². The van der Waals surface area contributed by atoms with Crippen LogP contribution in [0.4, 0.5) is 17.1 Å². The maximum Gasteiger partial charge on any atom is 0.337 e. The van der Waals surface area contributed by atoms with E-state index in [4.69, 9.17) is 22.4 Å². The lowest BCUT2D eigenvalue weighted by Gasteiger charge is -2.08. The van der Waals surface area contributed by atoms with Crippen molar-refractivity contribution in [3.8, 4) is 0 Å². The molecule has 0 saturated carbocycles. The van der Waals surface area contributed by atoms with Crippen molar-refractivity contribution in [1.29, 1.82) is 0 Å². The molecule has 4 nitrogen and oxygen atoms in total. The van der Waals surface area contributed by atoms with E-state index in [0.29, 0.717) is 11.4 Å². The molecule has 0 atom stereocenters. The van der Waals surface area contributed by atoms with Gasteiger partial charge in [-0.3, -0.25) is 0 Å². The molecule has 0 fully saturated rings. The lowest BCUT2D eigenvalue weighted by atomic mass is 10.2. The normalized spacial score (nSPS) is 10.1. The van der Waals surface area contributed by atoms with Crippen LogP contribution in [-0.2, 0) is 0 Å². The first-order valence-corrected chi connectivity index (χ1v) is 5.59. The summed E-state index contributed by atoms with van der Waals surface area (Å²) in [6, 6.07) is 11.9. The summed E-state index contributed by atoms with van der Waals surface area (Å²) < 4.78 is 0. The lowest BCUT2D eigenvalue weighted by Crippen LogP contribution is -1.99. The fraction of sp³-hybridized carbons (Fsp3) is 0. The number of hydrogen-bond donors (Lipinski definition) is 3. The monoisotopic (exact) mass is 262 g/mol. The Kier molecular flexibility index (Phi) is 3.39. The summed E-state index contributed by atoms with van der Waals surface area (Å²) in [6.07, 6.45) is 0. The van der Waals surface area contributed by atoms with E-state index in [1.807, 2.05) is 12.1 Å². The Labute approximate surface area is 109 Å². The summed E-state index contributed by atoms with van der Waals surface area (Å²) in [4.78, 5) is 10.9. The summed E-state index contributed by atoms with van der Waals surface area (Å²) in [5.74, 6) is -1.05. The molecule has 0 spiro atoms. The molecular weight excluding hydrogens is 252 g/mol. The van der Waals surface area contributed by atoms with Crippen molar-refractivity contribution in [1.82, 2.24) is 0 Å². The SMILES string of the molecule is Nc1ccc(Nc2ccc(Cl)c(C(=O)O)c2)cc1. The van der Waals surface area contributed by atoms with Gasteiger partial charge in [-0.2, -0.15) is 0 Å². The molecule has 0 saturated heterocycles. The maximum atomic E-state index is 10.9. The predicted molar refractivity (Wildman–Crippen MR) is 72.5 cm³/mol. The molecule has 0 amide bonds. The van der Waals surface area contributed by atoms with Crippen LogP contribution in [-0.4, -0.2) is 11.1 Å². The Morgan fingerprint density at radius 3 is 2.33 bits per heavy atom. The van der Waals surface area contributed by atoms with Gasteiger partial charge in [-0.05, 0) is 42.5 Å². The minimum absolute atomic E-state index is 0.0668. The Balaban J connectivity index is 2.27. The Morgan fingerprint density at radius 2 is 1.72 bits per heavy atom. The average molecular weight is 263 g/mol. The molecular formula is C13H11ClN2O2. The zero-order valence-corrected chi connectivity index (χ0v) is 10.1. The minimum Gasteiger partial charge on any atom is -0.478 e. The zero-order chi connectivity index (χ0) is 13.1. The zero-order valence-electron chi connectivity index (χ0n) is 9.35. The highest BCUT2D eigenvalue weighted by Gasteiger charge is 2.09. The van der Waals surface area contributed by atoms with E-state index in [2.05, 4.69) is 5.32 Å². The van der Waals surface area contributed by atoms with E-state index < -0.39 is 5.97 Å². The van der Waals surface area contributed by atoms with Crippen molar-refractivity contribution in [3.05, 3.63) is 53.1 Å². The number of carboxylic acids is 1. The first kappa shape index (κ1) is 12.3. The summed E-state index contributed by atoms with van der Waals surface area (Å²) in [6.45, 7) is 0. The smallest absolute Gasteiger partial charge is 0.337 e. The second-order valence-corrected chi connectivity index (χ2v) is 4.15. The third-order valence-electron chi connectivity index (χ3n) is 2.40. The van der Waals surface area contributed by atoms with Gasteiger partial charge >= 0.3 is 5.97 Å². The molecule has 4 N–H and O–H groups in total. The van der Waals surface area contributed by atoms with E-state index in [-0.39, 0.29) is 10.6 Å². The molecule has 0 aromatic heterocycles. The van der Waals surface area contributed by atoms with Gasteiger partial charge in [-0.25, -0.2) is 4.79 Å². The van der Waals surface area contributed by atoms with Gasteiger partial charge in [0, 0.05) is 17.1 Å². The van der Waals surface area contributed by atoms with E-state index in [1.54, 1.807) is 24.3 Å². The topological polar surface area (TPSA) is 75.3 Å². The highest BCUT2D eigenvalue weighted by Crippen LogP contribution is 2.23. The van der Waals surface area contributed by atoms with Gasteiger partial charge in [0.15, 0.2) is 0 Å². The van der Waals surface area contributed by atoms with Gasteiger partial charge in [0.2, 0.25) is 0 Å². The molecule has 0 aliphatic rings. The van der Waals surface area contributed by atoms with Gasteiger partial charge < -0.3 is 16.2 Å². The molecule has 18 heavy (non-hydrogen) atoms. The molecule has 92 valence electrons. The summed E-state index contributed by atoms with van der Waals surface area (Å²) in [7, 11) is 0. The van der Waals surface area contributed by atoms with E-state index in [1.165, 1.54) is 6.07 Å². The molecule has 0 aliphatic heterocycles. The van der Waals surface area contributed by atoms with Crippen LogP contribution in [0.15, 0.2) is 42.5 Å². The molecule has 5 heteroatoms. The number of nitrogens with one attached hydrogen (secondary N) is 1. The van der Waals surface area contributed by atoms with Gasteiger partial charge in [-0.1, -0.05) is 11.6 Å². The molecule has 0 aliphatic carbocycles. The minimum atomic E-state index is -1.05. The number of nitrogen functional groups attached to an aromatic ring is 1. The van der Waals surface area contributed by atoms with E-state index in [0.717, 1.165) is 5.69 Å². The molecule has 2 aromatic rings. The van der Waals surface area contributed by atoms with Crippen LogP contribution < -0.4 is 11.1 Å². The van der Waals surface area contributed by atoms with Crippen LogP contribution in [0.2, 0.25) is 5.02 Å². The number of halogens is 1. The Hall–Kier alpha value is -2.20. The van der Waals surface area contributed by atoms with Crippen molar-refractivity contribution in [3.63, 3.8) is 0 Å². The molecule has 2 rings (SSSR count). The Morgan fingerprint density at radius 1 is 1.11 bits per heavy atom. The molecule has 0 bridgehead atoms. The second-order valence-electron chi connectivity index (χ2n) is 3.75. The number of anilines is 3. The summed E-state index contributed by atoms with van der Waals surface area (Å²) >= 11 is 5.79. The fourth-order valence-electron chi connectivity index (χ4n) is 1.50. The number of carbonyl (C=O) groups is 1. The van der Waals surface area contributed by atoms with Crippen LogP contribution in [0.3, 0.4) is 0 Å². The third kappa shape index (κ3) is 2.73. The summed E-state index contributed by atoms with van der Waals surface area (Å²) in [5, 5.41) is 12.3. The van der Waals surface area contributed by atoms with Gasteiger partial charge in [0.05, 0.1) is 10.6 Å². The molecule has 0 radical (unpaired) electrons. The average Bonchev–Trinajstić information content (AvgIpc) is 2.34. The number of nitrogens with two attached hydrogens (primary N) is 1. The van der Waals surface area contributed by atoms with Gasteiger partial charge in [-0.15, -0.1) is 0 Å². The van der Waals surface area contributed by atoms with Crippen LogP contribution in [0.25, 0.3) is 0 Å². The van der Waals surface area contributed by atoms with Crippen LogP contribution in [0.5, 0.6) is 0 Å². The number of aromatic carboxylic acids is 1. The number of rotatable bonds is 3. The van der Waals surface area contributed by atoms with Crippen molar-refractivity contribution in [2.24, 2.45) is 0 Å². The predicted octanol–water partition coefficient (Wildman–Crippen LogP) is 3.36. The van der Waals surface area contributed by atoms with Crippen molar-refractivity contribution in [2.75, 3.05) is 11.1 Å². The molecule has 0 unspecified atom stereocenters. The maximum absolute atomic E-state index is 10.9. The molecule has 0 heterocycles. The van der Waals surface area contributed by atoms with Gasteiger partial charge in [0.1, 0.15) is 0 Å². The van der Waals surface area contributed by atoms with Crippen molar-refractivity contribution >= 4 is 34.6 Å². The largest absolute Gasteiger partial charge is 0.478 e. The Bertz CT molecular complexity index is 582. The number of hydrogen-bond acceptors (Lipinski definition) is 3. The highest BCUT2D eigenvalue weighted by atomic mass is 35.5.